The van der Waals surface area contributed by atoms with Crippen LogP contribution in [0.2, 0.25) is 0 Å². The van der Waals surface area contributed by atoms with E-state index in [1.54, 1.807) is 6.07 Å². The third kappa shape index (κ3) is 2.73. The minimum atomic E-state index is -0.387. The quantitative estimate of drug-likeness (QED) is 0.673. The van der Waals surface area contributed by atoms with Gasteiger partial charge >= 0.3 is 0 Å². The fourth-order valence-corrected chi connectivity index (χ4v) is 2.49. The first-order valence-electron chi connectivity index (χ1n) is 6.61. The number of rotatable bonds is 3. The highest BCUT2D eigenvalue weighted by Crippen LogP contribution is 2.33. The van der Waals surface area contributed by atoms with Crippen molar-refractivity contribution in [2.45, 2.75) is 25.3 Å². The van der Waals surface area contributed by atoms with Crippen LogP contribution in [0, 0.1) is 21.4 Å². The second kappa shape index (κ2) is 5.47. The van der Waals surface area contributed by atoms with Crippen molar-refractivity contribution < 1.29 is 4.92 Å². The topological polar surface area (TPSA) is 82.2 Å². The number of nitriles is 1. The molecule has 20 heavy (non-hydrogen) atoms. The Morgan fingerprint density at radius 2 is 2.10 bits per heavy atom. The number of hydrogen-bond acceptors (Lipinski definition) is 5. The summed E-state index contributed by atoms with van der Waals surface area (Å²) in [6, 6.07) is 6.56. The van der Waals surface area contributed by atoms with Crippen LogP contribution in [0.15, 0.2) is 18.2 Å². The van der Waals surface area contributed by atoms with E-state index in [0.29, 0.717) is 11.3 Å². The molecule has 0 aliphatic carbocycles. The molecule has 1 saturated heterocycles. The fourth-order valence-electron chi connectivity index (χ4n) is 2.49. The van der Waals surface area contributed by atoms with Gasteiger partial charge in [-0.1, -0.05) is 0 Å². The van der Waals surface area contributed by atoms with Crippen LogP contribution in [0.3, 0.4) is 0 Å². The van der Waals surface area contributed by atoms with Crippen LogP contribution in [-0.4, -0.2) is 30.6 Å². The molecule has 0 unspecified atom stereocenters. The van der Waals surface area contributed by atoms with E-state index in [0.717, 1.165) is 25.9 Å². The smallest absolute Gasteiger partial charge is 0.292 e. The van der Waals surface area contributed by atoms with Gasteiger partial charge in [0.1, 0.15) is 5.69 Å². The van der Waals surface area contributed by atoms with Crippen molar-refractivity contribution in [2.75, 3.05) is 25.0 Å². The summed E-state index contributed by atoms with van der Waals surface area (Å²) in [7, 11) is 1.94. The highest BCUT2D eigenvalue weighted by atomic mass is 16.6. The molecule has 1 aromatic carbocycles. The zero-order valence-corrected chi connectivity index (χ0v) is 11.7. The lowest BCUT2D eigenvalue weighted by atomic mass is 9.89. The maximum Gasteiger partial charge on any atom is 0.292 e. The molecule has 0 radical (unpaired) electrons. The van der Waals surface area contributed by atoms with Gasteiger partial charge in [-0.25, -0.2) is 0 Å². The number of piperidine rings is 1. The van der Waals surface area contributed by atoms with E-state index < -0.39 is 0 Å². The number of benzene rings is 1. The van der Waals surface area contributed by atoms with Crippen LogP contribution in [0.4, 0.5) is 11.4 Å². The molecule has 0 atom stereocenters. The largest absolute Gasteiger partial charge is 0.366 e. The molecule has 6 nitrogen and oxygen atoms in total. The number of anilines is 1. The Hall–Kier alpha value is -2.13. The molecule has 6 heteroatoms. The van der Waals surface area contributed by atoms with Gasteiger partial charge in [-0.05, 0) is 38.9 Å². The first-order chi connectivity index (χ1) is 9.49. The van der Waals surface area contributed by atoms with Crippen LogP contribution in [0.5, 0.6) is 0 Å². The normalized spacial score (nSPS) is 17.6. The second-order valence-electron chi connectivity index (χ2n) is 5.37. The predicted octanol–water partition coefficient (Wildman–Crippen LogP) is 2.04. The zero-order valence-electron chi connectivity index (χ0n) is 11.7. The van der Waals surface area contributed by atoms with Gasteiger partial charge < -0.3 is 10.2 Å². The summed E-state index contributed by atoms with van der Waals surface area (Å²) in [6.07, 6.45) is 1.83. The molecule has 0 spiro atoms. The first kappa shape index (κ1) is 14.3. The van der Waals surface area contributed by atoms with E-state index in [-0.39, 0.29) is 16.1 Å². The molecule has 1 aromatic rings. The van der Waals surface area contributed by atoms with Crippen molar-refractivity contribution in [3.8, 4) is 6.07 Å². The van der Waals surface area contributed by atoms with E-state index in [2.05, 4.69) is 12.2 Å². The fraction of sp³-hybridized carbons (Fsp3) is 0.500. The van der Waals surface area contributed by atoms with Crippen LogP contribution in [-0.2, 0) is 0 Å². The summed E-state index contributed by atoms with van der Waals surface area (Å²) >= 11 is 0. The lowest BCUT2D eigenvalue weighted by molar-refractivity contribution is -0.384. The third-order valence-corrected chi connectivity index (χ3v) is 4.11. The molecule has 1 aliphatic heterocycles. The molecule has 0 aromatic heterocycles. The number of nitrogens with one attached hydrogen (secondary N) is 1. The highest BCUT2D eigenvalue weighted by molar-refractivity contribution is 5.66. The molecule has 0 amide bonds. The Balaban J connectivity index is 2.29. The molecular formula is C14H18N4O2. The van der Waals surface area contributed by atoms with Gasteiger partial charge in [0.25, 0.3) is 5.69 Å². The molecule has 1 N–H and O–H groups in total. The molecule has 1 heterocycles. The zero-order chi connectivity index (χ0) is 14.8. The molecule has 106 valence electrons. The number of nitro benzene ring substituents is 1. The Morgan fingerprint density at radius 1 is 1.45 bits per heavy atom. The maximum atomic E-state index is 11.1. The van der Waals surface area contributed by atoms with Crippen molar-refractivity contribution in [2.24, 2.45) is 0 Å². The lowest BCUT2D eigenvalue weighted by Gasteiger charge is -2.40. The average Bonchev–Trinajstić information content (AvgIpc) is 2.47. The Kier molecular flexibility index (Phi) is 3.91. The minimum Gasteiger partial charge on any atom is -0.366 e. The monoisotopic (exact) mass is 274 g/mol. The third-order valence-electron chi connectivity index (χ3n) is 4.11. The molecule has 1 aliphatic rings. The number of nitrogens with zero attached hydrogens (tertiary/aromatic N) is 3. The van der Waals surface area contributed by atoms with Crippen molar-refractivity contribution in [3.63, 3.8) is 0 Å². The highest BCUT2D eigenvalue weighted by Gasteiger charge is 2.30. The van der Waals surface area contributed by atoms with Crippen LogP contribution < -0.4 is 10.2 Å². The first-order valence-corrected chi connectivity index (χ1v) is 6.61. The standard InChI is InChI=1S/C14H18N4O2/c1-14(16-2)5-7-17(8-6-14)13-9-11(10-15)3-4-12(13)18(19)20/h3-4,9,16H,5-8H2,1-2H3. The molecular weight excluding hydrogens is 256 g/mol. The summed E-state index contributed by atoms with van der Waals surface area (Å²) in [5, 5.41) is 23.4. The van der Waals surface area contributed by atoms with Gasteiger partial charge in [0, 0.05) is 24.7 Å². The second-order valence-corrected chi connectivity index (χ2v) is 5.37. The summed E-state index contributed by atoms with van der Waals surface area (Å²) in [6.45, 7) is 3.64. The van der Waals surface area contributed by atoms with E-state index >= 15 is 0 Å². The predicted molar refractivity (Wildman–Crippen MR) is 76.7 cm³/mol. The van der Waals surface area contributed by atoms with Gasteiger partial charge in [-0.15, -0.1) is 0 Å². The van der Waals surface area contributed by atoms with Gasteiger partial charge in [-0.3, -0.25) is 10.1 Å². The SMILES string of the molecule is CNC1(C)CCN(c2cc(C#N)ccc2[N+](=O)[O-])CC1. The average molecular weight is 274 g/mol. The van der Waals surface area contributed by atoms with Gasteiger partial charge in [0.2, 0.25) is 0 Å². The number of hydrogen-bond donors (Lipinski definition) is 1. The van der Waals surface area contributed by atoms with E-state index in [4.69, 9.17) is 5.26 Å². The Morgan fingerprint density at radius 3 is 2.60 bits per heavy atom. The number of nitro groups is 1. The van der Waals surface area contributed by atoms with Crippen molar-refractivity contribution in [1.82, 2.24) is 5.32 Å². The van der Waals surface area contributed by atoms with Crippen LogP contribution in [0.1, 0.15) is 25.3 Å². The van der Waals surface area contributed by atoms with E-state index in [9.17, 15) is 10.1 Å². The van der Waals surface area contributed by atoms with Gasteiger partial charge in [0.15, 0.2) is 0 Å². The lowest BCUT2D eigenvalue weighted by Crippen LogP contribution is -2.50. The molecule has 0 saturated carbocycles. The van der Waals surface area contributed by atoms with Gasteiger partial charge in [0.05, 0.1) is 16.6 Å². The van der Waals surface area contributed by atoms with Crippen molar-refractivity contribution in [3.05, 3.63) is 33.9 Å². The maximum absolute atomic E-state index is 11.1. The Labute approximate surface area is 118 Å². The van der Waals surface area contributed by atoms with Gasteiger partial charge in [-0.2, -0.15) is 5.26 Å². The van der Waals surface area contributed by atoms with Crippen LogP contribution >= 0.6 is 0 Å². The summed E-state index contributed by atoms with van der Waals surface area (Å²) < 4.78 is 0. The minimum absolute atomic E-state index is 0.0667. The molecule has 1 fully saturated rings. The van der Waals surface area contributed by atoms with Crippen LogP contribution in [0.25, 0.3) is 0 Å². The summed E-state index contributed by atoms with van der Waals surface area (Å²) in [4.78, 5) is 12.7. The molecule has 0 bridgehead atoms. The van der Waals surface area contributed by atoms with Crippen molar-refractivity contribution in [1.29, 1.82) is 5.26 Å². The molecule has 2 rings (SSSR count). The Bertz CT molecular complexity index is 557. The van der Waals surface area contributed by atoms with Crippen molar-refractivity contribution >= 4 is 11.4 Å². The summed E-state index contributed by atoms with van der Waals surface area (Å²) in [5.41, 5.74) is 1.15. The van der Waals surface area contributed by atoms with E-state index in [1.165, 1.54) is 12.1 Å². The summed E-state index contributed by atoms with van der Waals surface area (Å²) in [5.74, 6) is 0. The van der Waals surface area contributed by atoms with E-state index in [1.807, 2.05) is 18.0 Å².